The van der Waals surface area contributed by atoms with E-state index in [4.69, 9.17) is 4.74 Å². The number of amides is 1. The van der Waals surface area contributed by atoms with Crippen LogP contribution in [0.2, 0.25) is 0 Å². The van der Waals surface area contributed by atoms with Crippen LogP contribution in [-0.2, 0) is 14.3 Å². The minimum Gasteiger partial charge on any atom is -0.466 e. The number of hydrogen-bond donors (Lipinski definition) is 3. The number of esters is 1. The van der Waals surface area contributed by atoms with Crippen LogP contribution in [0, 0.1) is 0 Å². The molecule has 0 spiro atoms. The van der Waals surface area contributed by atoms with Crippen LogP contribution < -0.4 is 5.32 Å². The molecule has 6 nitrogen and oxygen atoms in total. The van der Waals surface area contributed by atoms with Crippen molar-refractivity contribution in [1.82, 2.24) is 5.32 Å². The molecule has 6 heteroatoms. The highest BCUT2D eigenvalue weighted by Crippen LogP contribution is 2.16. The van der Waals surface area contributed by atoms with Gasteiger partial charge in [0, 0.05) is 12.8 Å². The van der Waals surface area contributed by atoms with Gasteiger partial charge in [-0.15, -0.1) is 0 Å². The first-order valence-corrected chi connectivity index (χ1v) is 29.3. The van der Waals surface area contributed by atoms with E-state index in [0.717, 1.165) is 51.4 Å². The first-order chi connectivity index (χ1) is 32.5. The van der Waals surface area contributed by atoms with Crippen LogP contribution in [0.4, 0.5) is 0 Å². The van der Waals surface area contributed by atoms with Crippen LogP contribution in [0.3, 0.4) is 0 Å². The van der Waals surface area contributed by atoms with Crippen molar-refractivity contribution in [2.45, 2.75) is 321 Å². The van der Waals surface area contributed by atoms with Crippen molar-refractivity contribution in [3.05, 3.63) is 36.5 Å². The minimum absolute atomic E-state index is 0.00194. The summed E-state index contributed by atoms with van der Waals surface area (Å²) in [7, 11) is 0. The van der Waals surface area contributed by atoms with Crippen LogP contribution in [0.15, 0.2) is 36.5 Å². The van der Waals surface area contributed by atoms with E-state index < -0.39 is 12.1 Å². The quantitative estimate of drug-likeness (QED) is 0.0321. The van der Waals surface area contributed by atoms with Gasteiger partial charge < -0.3 is 20.3 Å². The van der Waals surface area contributed by atoms with Gasteiger partial charge in [-0.2, -0.15) is 0 Å². The molecule has 0 bridgehead atoms. The van der Waals surface area contributed by atoms with Gasteiger partial charge in [0.1, 0.15) is 0 Å². The number of carbonyl (C=O) groups is 2. The topological polar surface area (TPSA) is 95.9 Å². The molecule has 0 aliphatic carbocycles. The monoisotopic (exact) mass is 928 g/mol. The highest BCUT2D eigenvalue weighted by molar-refractivity contribution is 5.76. The largest absolute Gasteiger partial charge is 0.466 e. The van der Waals surface area contributed by atoms with E-state index in [2.05, 4.69) is 43.5 Å². The summed E-state index contributed by atoms with van der Waals surface area (Å²) in [5.41, 5.74) is 0. The average Bonchev–Trinajstić information content (AvgIpc) is 3.32. The third-order valence-electron chi connectivity index (χ3n) is 13.4. The third kappa shape index (κ3) is 51.5. The predicted octanol–water partition coefficient (Wildman–Crippen LogP) is 18.0. The van der Waals surface area contributed by atoms with Crippen molar-refractivity contribution >= 4 is 11.9 Å². The van der Waals surface area contributed by atoms with Gasteiger partial charge in [-0.3, -0.25) is 9.59 Å². The molecule has 2 atom stereocenters. The molecule has 2 unspecified atom stereocenters. The smallest absolute Gasteiger partial charge is 0.305 e. The van der Waals surface area contributed by atoms with E-state index in [0.29, 0.717) is 19.4 Å². The van der Waals surface area contributed by atoms with Gasteiger partial charge in [0.15, 0.2) is 0 Å². The Labute approximate surface area is 411 Å². The van der Waals surface area contributed by atoms with Crippen LogP contribution in [-0.4, -0.2) is 47.4 Å². The van der Waals surface area contributed by atoms with Crippen molar-refractivity contribution in [1.29, 1.82) is 0 Å². The Balaban J connectivity index is 3.46. The maximum absolute atomic E-state index is 12.4. The van der Waals surface area contributed by atoms with Crippen LogP contribution in [0.25, 0.3) is 0 Å². The maximum Gasteiger partial charge on any atom is 0.305 e. The fourth-order valence-corrected chi connectivity index (χ4v) is 8.86. The Morgan fingerprint density at radius 3 is 1.09 bits per heavy atom. The van der Waals surface area contributed by atoms with Crippen molar-refractivity contribution in [2.75, 3.05) is 13.2 Å². The summed E-state index contributed by atoms with van der Waals surface area (Å²) in [5.74, 6) is -0.0772. The summed E-state index contributed by atoms with van der Waals surface area (Å²) in [4.78, 5) is 24.5. The molecule has 0 aliphatic heterocycles. The highest BCUT2D eigenvalue weighted by Gasteiger charge is 2.18. The van der Waals surface area contributed by atoms with E-state index in [1.807, 2.05) is 6.08 Å². The normalized spacial score (nSPS) is 12.8. The van der Waals surface area contributed by atoms with Crippen LogP contribution in [0.5, 0.6) is 0 Å². The molecular weight excluding hydrogens is 815 g/mol. The Morgan fingerprint density at radius 1 is 0.409 bits per heavy atom. The molecule has 388 valence electrons. The average molecular weight is 929 g/mol. The van der Waals surface area contributed by atoms with Crippen molar-refractivity contribution in [3.8, 4) is 0 Å². The van der Waals surface area contributed by atoms with Crippen molar-refractivity contribution in [2.24, 2.45) is 0 Å². The standard InChI is InChI=1S/C60H113NO5/c1-3-5-7-9-11-13-15-17-25-29-32-36-40-44-48-52-58(63)57(56-62)61-59(64)53-49-45-41-37-33-30-26-23-21-19-18-20-22-24-27-31-35-39-43-47-51-55-66-60(65)54-50-46-42-38-34-28-16-14-12-10-8-6-4-2/h14,16,19,21,48,52,57-58,62-63H,3-13,15,17-18,20,22-47,49-51,53-56H2,1-2H3,(H,61,64)/b16-14-,21-19-,52-48+. The molecule has 66 heavy (non-hydrogen) atoms. The Hall–Kier alpha value is -1.92. The lowest BCUT2D eigenvalue weighted by Crippen LogP contribution is -2.45. The molecule has 0 aromatic carbocycles. The Morgan fingerprint density at radius 2 is 0.712 bits per heavy atom. The van der Waals surface area contributed by atoms with Crippen molar-refractivity contribution in [3.63, 3.8) is 0 Å². The zero-order valence-corrected chi connectivity index (χ0v) is 44.2. The van der Waals surface area contributed by atoms with Crippen LogP contribution in [0.1, 0.15) is 309 Å². The molecule has 0 rings (SSSR count). The molecule has 0 heterocycles. The predicted molar refractivity (Wildman–Crippen MR) is 287 cm³/mol. The lowest BCUT2D eigenvalue weighted by molar-refractivity contribution is -0.143. The molecule has 0 saturated carbocycles. The van der Waals surface area contributed by atoms with E-state index >= 15 is 0 Å². The fraction of sp³-hybridized carbons (Fsp3) is 0.867. The van der Waals surface area contributed by atoms with Gasteiger partial charge in [0.05, 0.1) is 25.4 Å². The van der Waals surface area contributed by atoms with Crippen molar-refractivity contribution < 1.29 is 24.5 Å². The molecule has 0 aromatic heterocycles. The van der Waals surface area contributed by atoms with E-state index in [9.17, 15) is 19.8 Å². The first-order valence-electron chi connectivity index (χ1n) is 29.3. The molecular formula is C60H113NO5. The van der Waals surface area contributed by atoms with Gasteiger partial charge in [0.2, 0.25) is 5.91 Å². The zero-order valence-electron chi connectivity index (χ0n) is 44.2. The van der Waals surface area contributed by atoms with Gasteiger partial charge in [-0.1, -0.05) is 249 Å². The third-order valence-corrected chi connectivity index (χ3v) is 13.4. The molecule has 3 N–H and O–H groups in total. The Bertz CT molecular complexity index is 1070. The molecule has 0 fully saturated rings. The number of carbonyl (C=O) groups excluding carboxylic acids is 2. The zero-order chi connectivity index (χ0) is 47.9. The lowest BCUT2D eigenvalue weighted by atomic mass is 10.0. The number of allylic oxidation sites excluding steroid dienone is 5. The second-order valence-corrected chi connectivity index (χ2v) is 20.0. The number of aliphatic hydroxyl groups excluding tert-OH is 2. The SMILES string of the molecule is CCCCCC/C=C\CCCCCCCC(=O)OCCCCCCCCCCCC/C=C\CCCCCCCCCC(=O)NC(CO)C(O)/C=C/CCCCCCCCCCCCCCC. The number of nitrogens with one attached hydrogen (secondary N) is 1. The summed E-state index contributed by atoms with van der Waals surface area (Å²) >= 11 is 0. The molecule has 0 radical (unpaired) electrons. The van der Waals surface area contributed by atoms with Gasteiger partial charge >= 0.3 is 5.97 Å². The lowest BCUT2D eigenvalue weighted by Gasteiger charge is -2.20. The minimum atomic E-state index is -0.849. The molecule has 0 saturated heterocycles. The molecule has 0 aromatic rings. The maximum atomic E-state index is 12.4. The summed E-state index contributed by atoms with van der Waals surface area (Å²) < 4.78 is 5.46. The van der Waals surface area contributed by atoms with E-state index in [1.54, 1.807) is 6.08 Å². The number of ether oxygens (including phenoxy) is 1. The summed E-state index contributed by atoms with van der Waals surface area (Å²) in [6.45, 7) is 4.88. The van der Waals surface area contributed by atoms with Gasteiger partial charge in [-0.25, -0.2) is 0 Å². The highest BCUT2D eigenvalue weighted by atomic mass is 16.5. The molecule has 0 aliphatic rings. The number of hydrogen-bond acceptors (Lipinski definition) is 5. The number of rotatable bonds is 54. The molecule has 1 amide bonds. The second kappa shape index (κ2) is 55.7. The number of aliphatic hydroxyl groups is 2. The van der Waals surface area contributed by atoms with E-state index in [1.165, 1.54) is 231 Å². The first kappa shape index (κ1) is 64.1. The summed E-state index contributed by atoms with van der Waals surface area (Å²) in [6, 6.07) is -0.633. The second-order valence-electron chi connectivity index (χ2n) is 20.0. The van der Waals surface area contributed by atoms with Gasteiger partial charge in [-0.05, 0) is 83.5 Å². The van der Waals surface area contributed by atoms with E-state index in [-0.39, 0.29) is 18.5 Å². The number of unbranched alkanes of at least 4 members (excludes halogenated alkanes) is 39. The Kier molecular flexibility index (Phi) is 54.1. The fourth-order valence-electron chi connectivity index (χ4n) is 8.86. The van der Waals surface area contributed by atoms with Gasteiger partial charge in [0.25, 0.3) is 0 Å². The summed E-state index contributed by atoms with van der Waals surface area (Å²) in [6.07, 6.45) is 68.8. The van der Waals surface area contributed by atoms with Crippen LogP contribution >= 0.6 is 0 Å². The summed E-state index contributed by atoms with van der Waals surface area (Å²) in [5, 5.41) is 23.1.